The van der Waals surface area contributed by atoms with E-state index in [1.54, 1.807) is 0 Å². The van der Waals surface area contributed by atoms with Gasteiger partial charge in [-0.1, -0.05) is 39.3 Å². The summed E-state index contributed by atoms with van der Waals surface area (Å²) in [6, 6.07) is 0. The first-order valence-electron chi connectivity index (χ1n) is 8.46. The van der Waals surface area contributed by atoms with Crippen LogP contribution in [0.25, 0.3) is 0 Å². The summed E-state index contributed by atoms with van der Waals surface area (Å²) in [5, 5.41) is 13.1. The molecule has 3 nitrogen and oxygen atoms in total. The number of nitrogens with one attached hydrogen (secondary N) is 1. The summed E-state index contributed by atoms with van der Waals surface area (Å²) >= 11 is 0. The Hall–Kier alpha value is -0.830. The number of carbonyl (C=O) groups excluding carboxylic acids is 1. The number of amides is 1. The zero-order valence-corrected chi connectivity index (χ0v) is 15.9. The van der Waals surface area contributed by atoms with Gasteiger partial charge in [-0.3, -0.25) is 4.79 Å². The van der Waals surface area contributed by atoms with Crippen molar-refractivity contribution in [3.8, 4) is 0 Å². The number of carbonyl (C=O) groups is 1. The second-order valence-corrected chi connectivity index (χ2v) is 8.83. The van der Waals surface area contributed by atoms with Gasteiger partial charge < -0.3 is 10.4 Å². The monoisotopic (exact) mass is 311 g/mol. The van der Waals surface area contributed by atoms with E-state index in [0.717, 1.165) is 19.3 Å². The Morgan fingerprint density at radius 3 is 2.18 bits per heavy atom. The maximum atomic E-state index is 12.2. The smallest absolute Gasteiger partial charge is 0.249 e. The van der Waals surface area contributed by atoms with E-state index in [2.05, 4.69) is 52.9 Å². The van der Waals surface area contributed by atoms with Crippen LogP contribution in [0.5, 0.6) is 0 Å². The van der Waals surface area contributed by atoms with Crippen LogP contribution < -0.4 is 5.32 Å². The van der Waals surface area contributed by atoms with Gasteiger partial charge in [-0.2, -0.15) is 0 Å². The Kier molecular flexibility index (Phi) is 8.38. The number of hydrogen-bond acceptors (Lipinski definition) is 2. The first-order valence-corrected chi connectivity index (χ1v) is 8.46. The molecule has 0 aliphatic carbocycles. The quantitative estimate of drug-likeness (QED) is 0.651. The molecule has 0 aliphatic heterocycles. The van der Waals surface area contributed by atoms with Crippen molar-refractivity contribution >= 4 is 5.91 Å². The van der Waals surface area contributed by atoms with Gasteiger partial charge in [-0.15, -0.1) is 0 Å². The highest BCUT2D eigenvalue weighted by atomic mass is 16.3. The predicted molar refractivity (Wildman–Crippen MR) is 94.7 cm³/mol. The van der Waals surface area contributed by atoms with E-state index in [4.69, 9.17) is 0 Å². The third kappa shape index (κ3) is 10.8. The fourth-order valence-electron chi connectivity index (χ4n) is 3.05. The molecule has 22 heavy (non-hydrogen) atoms. The van der Waals surface area contributed by atoms with Crippen molar-refractivity contribution in [2.24, 2.45) is 11.3 Å². The molecule has 130 valence electrons. The fraction of sp³-hybridized carbons (Fsp3) is 0.842. The van der Waals surface area contributed by atoms with Crippen molar-refractivity contribution in [1.82, 2.24) is 5.32 Å². The van der Waals surface area contributed by atoms with Crippen molar-refractivity contribution in [3.63, 3.8) is 0 Å². The summed E-state index contributed by atoms with van der Waals surface area (Å²) in [5.41, 5.74) is 1.15. The van der Waals surface area contributed by atoms with E-state index in [9.17, 15) is 9.90 Å². The van der Waals surface area contributed by atoms with Crippen molar-refractivity contribution < 1.29 is 9.90 Å². The lowest BCUT2D eigenvalue weighted by Crippen LogP contribution is -2.49. The predicted octanol–water partition coefficient (Wildman–Crippen LogP) is 4.45. The van der Waals surface area contributed by atoms with Gasteiger partial charge in [0.2, 0.25) is 5.91 Å². The molecule has 0 radical (unpaired) electrons. The van der Waals surface area contributed by atoms with E-state index in [1.807, 2.05) is 13.8 Å². The molecular formula is C19H37NO2. The first kappa shape index (κ1) is 21.2. The van der Waals surface area contributed by atoms with Crippen LogP contribution in [0.2, 0.25) is 0 Å². The third-order valence-corrected chi connectivity index (χ3v) is 3.57. The number of hydrogen-bond donors (Lipinski definition) is 2. The molecule has 0 saturated carbocycles. The summed E-state index contributed by atoms with van der Waals surface area (Å²) in [4.78, 5) is 12.2. The van der Waals surface area contributed by atoms with E-state index in [-0.39, 0.29) is 16.9 Å². The molecule has 0 saturated heterocycles. The molecule has 0 fully saturated rings. The molecule has 0 spiro atoms. The SMILES string of the molecule is CC(C)=CCC[C@H](C)CC(O)C(=O)NC(C)(C)CC(C)(C)C. The highest BCUT2D eigenvalue weighted by Crippen LogP contribution is 2.27. The van der Waals surface area contributed by atoms with E-state index < -0.39 is 6.10 Å². The molecule has 0 rings (SSSR count). The standard InChI is InChI=1S/C19H37NO2/c1-14(2)10-9-11-15(3)12-16(21)17(22)20-19(7,8)13-18(4,5)6/h10,15-16,21H,9,11-13H2,1-8H3,(H,20,22)/t15-,16?/m0/s1. The van der Waals surface area contributed by atoms with Gasteiger partial charge in [-0.05, 0) is 64.7 Å². The topological polar surface area (TPSA) is 49.3 Å². The van der Waals surface area contributed by atoms with Crippen LogP contribution in [-0.4, -0.2) is 22.7 Å². The van der Waals surface area contributed by atoms with Gasteiger partial charge in [0.05, 0.1) is 0 Å². The summed E-state index contributed by atoms with van der Waals surface area (Å²) in [5.74, 6) is 0.0883. The summed E-state index contributed by atoms with van der Waals surface area (Å²) < 4.78 is 0. The maximum Gasteiger partial charge on any atom is 0.249 e. The van der Waals surface area contributed by atoms with Gasteiger partial charge in [0, 0.05) is 5.54 Å². The normalized spacial score (nSPS) is 15.1. The number of allylic oxidation sites excluding steroid dienone is 2. The molecule has 1 amide bonds. The van der Waals surface area contributed by atoms with Gasteiger partial charge in [-0.25, -0.2) is 0 Å². The third-order valence-electron chi connectivity index (χ3n) is 3.57. The van der Waals surface area contributed by atoms with Gasteiger partial charge in [0.15, 0.2) is 0 Å². The molecule has 0 aromatic rings. The average molecular weight is 312 g/mol. The van der Waals surface area contributed by atoms with Crippen LogP contribution in [0.4, 0.5) is 0 Å². The molecule has 0 bridgehead atoms. The van der Waals surface area contributed by atoms with Crippen LogP contribution in [0.15, 0.2) is 11.6 Å². The molecule has 0 heterocycles. The van der Waals surface area contributed by atoms with Crippen LogP contribution >= 0.6 is 0 Å². The molecule has 0 aromatic heterocycles. The molecule has 0 aliphatic rings. The Labute approximate surface area is 137 Å². The van der Waals surface area contributed by atoms with Gasteiger partial charge in [0.1, 0.15) is 6.10 Å². The molecule has 1 unspecified atom stereocenters. The molecule has 3 heteroatoms. The van der Waals surface area contributed by atoms with Crippen LogP contribution in [0, 0.1) is 11.3 Å². The van der Waals surface area contributed by atoms with Crippen LogP contribution in [-0.2, 0) is 4.79 Å². The summed E-state index contributed by atoms with van der Waals surface area (Å²) in [7, 11) is 0. The minimum atomic E-state index is -0.916. The number of rotatable bonds is 8. The van der Waals surface area contributed by atoms with E-state index >= 15 is 0 Å². The lowest BCUT2D eigenvalue weighted by Gasteiger charge is -2.34. The maximum absolute atomic E-state index is 12.2. The average Bonchev–Trinajstić information content (AvgIpc) is 2.23. The van der Waals surface area contributed by atoms with Crippen molar-refractivity contribution in [2.45, 2.75) is 92.7 Å². The Bertz CT molecular complexity index is 373. The lowest BCUT2D eigenvalue weighted by molar-refractivity contribution is -0.132. The Balaban J connectivity index is 4.34. The summed E-state index contributed by atoms with van der Waals surface area (Å²) in [6.45, 7) is 16.8. The van der Waals surface area contributed by atoms with Gasteiger partial charge in [0.25, 0.3) is 0 Å². The van der Waals surface area contributed by atoms with E-state index in [0.29, 0.717) is 12.3 Å². The Morgan fingerprint density at radius 2 is 1.73 bits per heavy atom. The van der Waals surface area contributed by atoms with E-state index in [1.165, 1.54) is 5.57 Å². The first-order chi connectivity index (χ1) is 9.82. The Morgan fingerprint density at radius 1 is 1.18 bits per heavy atom. The molecule has 0 aromatic carbocycles. The second kappa shape index (κ2) is 8.71. The number of aliphatic hydroxyl groups excluding tert-OH is 1. The highest BCUT2D eigenvalue weighted by molar-refractivity contribution is 5.81. The lowest BCUT2D eigenvalue weighted by atomic mass is 9.81. The van der Waals surface area contributed by atoms with Crippen molar-refractivity contribution in [3.05, 3.63) is 11.6 Å². The minimum absolute atomic E-state index is 0.138. The molecule has 2 atom stereocenters. The van der Waals surface area contributed by atoms with Crippen LogP contribution in [0.3, 0.4) is 0 Å². The van der Waals surface area contributed by atoms with Crippen molar-refractivity contribution in [1.29, 1.82) is 0 Å². The molecule has 2 N–H and O–H groups in total. The van der Waals surface area contributed by atoms with Gasteiger partial charge >= 0.3 is 0 Å². The zero-order valence-electron chi connectivity index (χ0n) is 15.9. The second-order valence-electron chi connectivity index (χ2n) is 8.83. The van der Waals surface area contributed by atoms with Crippen LogP contribution in [0.1, 0.15) is 81.1 Å². The largest absolute Gasteiger partial charge is 0.383 e. The number of aliphatic hydroxyl groups is 1. The zero-order chi connectivity index (χ0) is 17.6. The summed E-state index contributed by atoms with van der Waals surface area (Å²) in [6.07, 6.45) is 4.69. The fourth-order valence-corrected chi connectivity index (χ4v) is 3.05. The minimum Gasteiger partial charge on any atom is -0.383 e. The van der Waals surface area contributed by atoms with Crippen molar-refractivity contribution in [2.75, 3.05) is 0 Å². The highest BCUT2D eigenvalue weighted by Gasteiger charge is 2.29. The molecular weight excluding hydrogens is 274 g/mol.